The minimum atomic E-state index is -0.990. The molecule has 2 aliphatic rings. The van der Waals surface area contributed by atoms with Crippen molar-refractivity contribution in [3.05, 3.63) is 12.2 Å². The summed E-state index contributed by atoms with van der Waals surface area (Å²) in [5, 5.41) is 7.01. The smallest absolute Gasteiger partial charge is 0.328 e. The lowest BCUT2D eigenvalue weighted by Crippen LogP contribution is -2.63. The number of hydrazine groups is 1. The van der Waals surface area contributed by atoms with E-state index in [0.29, 0.717) is 24.3 Å². The topological polar surface area (TPSA) is 108 Å². The third-order valence-corrected chi connectivity index (χ3v) is 6.75. The second-order valence-corrected chi connectivity index (χ2v) is 11.5. The van der Waals surface area contributed by atoms with Crippen LogP contribution in [0.1, 0.15) is 112 Å². The highest BCUT2D eigenvalue weighted by molar-refractivity contribution is 6.35. The summed E-state index contributed by atoms with van der Waals surface area (Å²) in [7, 11) is 0. The maximum absolute atomic E-state index is 12.6. The Morgan fingerprint density at radius 3 is 2.17 bits per heavy atom. The first-order chi connectivity index (χ1) is 16.4. The van der Waals surface area contributed by atoms with E-state index in [2.05, 4.69) is 56.8 Å². The van der Waals surface area contributed by atoms with E-state index in [4.69, 9.17) is 0 Å². The maximum atomic E-state index is 12.6. The zero-order valence-electron chi connectivity index (χ0n) is 22.4. The lowest BCUT2D eigenvalue weighted by atomic mass is 9.79. The van der Waals surface area contributed by atoms with Crippen LogP contribution in [0, 0.1) is 5.92 Å². The molecule has 8 nitrogen and oxygen atoms in total. The number of hydrogen-bond acceptors (Lipinski definition) is 5. The highest BCUT2D eigenvalue weighted by atomic mass is 16.2. The predicted molar refractivity (Wildman–Crippen MR) is 137 cm³/mol. The van der Waals surface area contributed by atoms with Gasteiger partial charge >= 0.3 is 11.8 Å². The number of piperidine rings is 1. The Morgan fingerprint density at radius 1 is 0.943 bits per heavy atom. The molecule has 0 saturated carbocycles. The average Bonchev–Trinajstić information content (AvgIpc) is 3.00. The van der Waals surface area contributed by atoms with Gasteiger partial charge in [0, 0.05) is 23.5 Å². The van der Waals surface area contributed by atoms with E-state index in [-0.39, 0.29) is 23.5 Å². The van der Waals surface area contributed by atoms with Crippen molar-refractivity contribution in [1.29, 1.82) is 0 Å². The first-order valence-corrected chi connectivity index (χ1v) is 13.4. The van der Waals surface area contributed by atoms with Crippen LogP contribution in [0.5, 0.6) is 0 Å². The second kappa shape index (κ2) is 13.2. The summed E-state index contributed by atoms with van der Waals surface area (Å²) in [6, 6.07) is -0.182. The van der Waals surface area contributed by atoms with E-state index < -0.39 is 29.5 Å². The van der Waals surface area contributed by atoms with E-state index >= 15 is 0 Å². The number of allylic oxidation sites excluding steroid dienone is 2. The summed E-state index contributed by atoms with van der Waals surface area (Å²) in [5.41, 5.74) is 1.85. The Kier molecular flexibility index (Phi) is 10.9. The Bertz CT molecular complexity index is 774. The number of amides is 4. The minimum Gasteiger partial charge on any atom is -0.345 e. The Morgan fingerprint density at radius 2 is 1.54 bits per heavy atom. The summed E-state index contributed by atoms with van der Waals surface area (Å²) < 4.78 is 0. The fourth-order valence-corrected chi connectivity index (χ4v) is 5.42. The van der Waals surface area contributed by atoms with Crippen molar-refractivity contribution in [2.45, 2.75) is 129 Å². The number of unbranched alkanes of at least 4 members (excludes halogenated alkanes) is 7. The van der Waals surface area contributed by atoms with E-state index in [1.807, 2.05) is 6.08 Å². The van der Waals surface area contributed by atoms with E-state index in [1.54, 1.807) is 0 Å². The van der Waals surface area contributed by atoms with E-state index in [1.165, 1.54) is 38.5 Å². The number of carbonyl (C=O) groups excluding carboxylic acids is 4. The summed E-state index contributed by atoms with van der Waals surface area (Å²) in [6.45, 7) is 10.4. The van der Waals surface area contributed by atoms with Crippen LogP contribution in [0.15, 0.2) is 12.2 Å². The van der Waals surface area contributed by atoms with Crippen molar-refractivity contribution in [2.24, 2.45) is 5.92 Å². The molecule has 3 N–H and O–H groups in total. The van der Waals surface area contributed by atoms with Gasteiger partial charge in [0.2, 0.25) is 5.91 Å². The van der Waals surface area contributed by atoms with Gasteiger partial charge < -0.3 is 10.6 Å². The van der Waals surface area contributed by atoms with Crippen LogP contribution in [0.2, 0.25) is 0 Å². The molecule has 0 aromatic carbocycles. The predicted octanol–water partition coefficient (Wildman–Crippen LogP) is 3.91. The van der Waals surface area contributed by atoms with Crippen LogP contribution in [0.25, 0.3) is 0 Å². The highest BCUT2D eigenvalue weighted by Gasteiger charge is 2.41. The van der Waals surface area contributed by atoms with Gasteiger partial charge in [0.25, 0.3) is 5.91 Å². The molecule has 1 unspecified atom stereocenters. The molecule has 198 valence electrons. The fraction of sp³-hybridized carbons (Fsp3) is 0.778. The molecule has 35 heavy (non-hydrogen) atoms. The molecule has 0 radical (unpaired) electrons. The SMILES string of the molecule is CCCCCCCCCC=CCC1CC(=O)N(NC(=O)C(=O)NC2CC(C)(C)NC(C)(C)C2)C1=O. The second-order valence-electron chi connectivity index (χ2n) is 11.5. The molecule has 2 aliphatic heterocycles. The third kappa shape index (κ3) is 9.74. The monoisotopic (exact) mass is 490 g/mol. The largest absolute Gasteiger partial charge is 0.345 e. The van der Waals surface area contributed by atoms with E-state index in [0.717, 1.165) is 12.8 Å². The molecule has 2 fully saturated rings. The Labute approximate surface area is 211 Å². The van der Waals surface area contributed by atoms with Crippen molar-refractivity contribution in [3.63, 3.8) is 0 Å². The van der Waals surface area contributed by atoms with Crippen molar-refractivity contribution in [3.8, 4) is 0 Å². The molecule has 0 bridgehead atoms. The molecule has 0 aliphatic carbocycles. The summed E-state index contributed by atoms with van der Waals surface area (Å²) in [5.74, 6) is -3.26. The van der Waals surface area contributed by atoms with Gasteiger partial charge in [-0.2, -0.15) is 5.01 Å². The Balaban J connectivity index is 1.74. The lowest BCUT2D eigenvalue weighted by Gasteiger charge is -2.46. The molecule has 1 atom stereocenters. The van der Waals surface area contributed by atoms with Gasteiger partial charge in [0.1, 0.15) is 0 Å². The number of imide groups is 1. The Hall–Kier alpha value is -2.22. The molecule has 2 rings (SSSR count). The molecule has 2 saturated heterocycles. The van der Waals surface area contributed by atoms with Gasteiger partial charge in [-0.15, -0.1) is 0 Å². The quantitative estimate of drug-likeness (QED) is 0.166. The molecule has 2 heterocycles. The average molecular weight is 491 g/mol. The normalized spacial score (nSPS) is 22.1. The van der Waals surface area contributed by atoms with Gasteiger partial charge in [0.05, 0.1) is 5.92 Å². The number of nitrogens with zero attached hydrogens (tertiary/aromatic N) is 1. The summed E-state index contributed by atoms with van der Waals surface area (Å²) in [4.78, 5) is 49.9. The molecule has 0 spiro atoms. The summed E-state index contributed by atoms with van der Waals surface area (Å²) >= 11 is 0. The summed E-state index contributed by atoms with van der Waals surface area (Å²) in [6.07, 6.45) is 15.6. The van der Waals surface area contributed by atoms with Crippen molar-refractivity contribution in [1.82, 2.24) is 21.1 Å². The fourth-order valence-electron chi connectivity index (χ4n) is 5.42. The van der Waals surface area contributed by atoms with E-state index in [9.17, 15) is 19.2 Å². The maximum Gasteiger partial charge on any atom is 0.328 e. The van der Waals surface area contributed by atoms with Gasteiger partial charge in [-0.25, -0.2) is 5.43 Å². The van der Waals surface area contributed by atoms with Crippen LogP contribution in [0.3, 0.4) is 0 Å². The molecule has 4 amide bonds. The third-order valence-electron chi connectivity index (χ3n) is 6.75. The van der Waals surface area contributed by atoms with Gasteiger partial charge in [-0.1, -0.05) is 57.6 Å². The first kappa shape index (κ1) is 29.0. The molecular formula is C27H46N4O4. The van der Waals surface area contributed by atoms with Gasteiger partial charge in [-0.3, -0.25) is 19.2 Å². The molecule has 8 heteroatoms. The molecular weight excluding hydrogens is 444 g/mol. The van der Waals surface area contributed by atoms with Crippen LogP contribution >= 0.6 is 0 Å². The number of rotatable bonds is 12. The lowest BCUT2D eigenvalue weighted by molar-refractivity contribution is -0.151. The zero-order chi connectivity index (χ0) is 26.1. The van der Waals surface area contributed by atoms with Crippen LogP contribution in [0.4, 0.5) is 0 Å². The standard InChI is InChI=1S/C27H46N4O4/c1-6-7-8-9-10-11-12-13-14-15-16-20-17-22(32)31(25(20)35)29-24(34)23(33)28-21-18-26(2,3)30-27(4,5)19-21/h14-15,20-21,30H,6-13,16-19H2,1-5H3,(H,28,33)(H,29,34). The van der Waals surface area contributed by atoms with Crippen LogP contribution in [-0.4, -0.2) is 45.8 Å². The van der Waals surface area contributed by atoms with Crippen LogP contribution in [-0.2, 0) is 19.2 Å². The number of nitrogens with one attached hydrogen (secondary N) is 3. The van der Waals surface area contributed by atoms with Crippen molar-refractivity contribution in [2.75, 3.05) is 0 Å². The van der Waals surface area contributed by atoms with Crippen LogP contribution < -0.4 is 16.1 Å². The van der Waals surface area contributed by atoms with Crippen molar-refractivity contribution >= 4 is 23.6 Å². The number of hydrogen-bond donors (Lipinski definition) is 3. The molecule has 0 aromatic heterocycles. The van der Waals surface area contributed by atoms with Gasteiger partial charge in [0.15, 0.2) is 0 Å². The van der Waals surface area contributed by atoms with Crippen molar-refractivity contribution < 1.29 is 19.2 Å². The highest BCUT2D eigenvalue weighted by Crippen LogP contribution is 2.28. The first-order valence-electron chi connectivity index (χ1n) is 13.4. The molecule has 0 aromatic rings. The zero-order valence-corrected chi connectivity index (χ0v) is 22.4. The number of carbonyl (C=O) groups is 4. The van der Waals surface area contributed by atoms with Gasteiger partial charge in [-0.05, 0) is 59.8 Å². The minimum absolute atomic E-state index is 0.0408.